The molecule has 5 aromatic rings. The molecule has 5 nitrogen and oxygen atoms in total. The predicted molar refractivity (Wildman–Crippen MR) is 136 cm³/mol. The second-order valence-electron chi connectivity index (χ2n) is 8.45. The van der Waals surface area contributed by atoms with Gasteiger partial charge >= 0.3 is 0 Å². The molecule has 170 valence electrons. The normalized spacial score (nSPS) is 12.1. The smallest absolute Gasteiger partial charge is 0.262 e. The van der Waals surface area contributed by atoms with E-state index in [1.54, 1.807) is 0 Å². The second-order valence-corrected chi connectivity index (χ2v) is 8.45. The van der Waals surface area contributed by atoms with Crippen LogP contribution in [0.2, 0.25) is 0 Å². The maximum absolute atomic E-state index is 12.4. The maximum Gasteiger partial charge on any atom is 0.262 e. The highest BCUT2D eigenvalue weighted by Gasteiger charge is 2.12. The van der Waals surface area contributed by atoms with Crippen molar-refractivity contribution in [2.24, 2.45) is 0 Å². The minimum absolute atomic E-state index is 0.0700. The number of carbonyl (C=O) groups is 1. The molecule has 0 radical (unpaired) electrons. The van der Waals surface area contributed by atoms with E-state index in [9.17, 15) is 4.79 Å². The first kappa shape index (κ1) is 21.7. The van der Waals surface area contributed by atoms with Crippen molar-refractivity contribution in [3.05, 3.63) is 90.5 Å². The Balaban J connectivity index is 1.24. The van der Waals surface area contributed by atoms with Crippen molar-refractivity contribution >= 4 is 33.5 Å². The summed E-state index contributed by atoms with van der Waals surface area (Å²) < 4.78 is 11.7. The summed E-state index contributed by atoms with van der Waals surface area (Å²) in [4.78, 5) is 17.1. The summed E-state index contributed by atoms with van der Waals surface area (Å²) in [5, 5.41) is 4.94. The molecule has 34 heavy (non-hydrogen) atoms. The molecule has 0 aliphatic rings. The number of carbonyl (C=O) groups excluding carboxylic acids is 1. The summed E-state index contributed by atoms with van der Waals surface area (Å²) in [6, 6.07) is 27.4. The molecule has 0 aliphatic heterocycles. The van der Waals surface area contributed by atoms with Crippen LogP contribution >= 0.6 is 0 Å². The Morgan fingerprint density at radius 3 is 2.62 bits per heavy atom. The van der Waals surface area contributed by atoms with E-state index in [1.165, 1.54) is 5.56 Å². The van der Waals surface area contributed by atoms with Gasteiger partial charge in [0.1, 0.15) is 11.3 Å². The molecule has 1 atom stereocenters. The fraction of sp³-hybridized carbons (Fsp3) is 0.172. The van der Waals surface area contributed by atoms with Gasteiger partial charge in [-0.25, -0.2) is 4.98 Å². The summed E-state index contributed by atoms with van der Waals surface area (Å²) in [5.41, 5.74) is 4.43. The molecule has 5 heteroatoms. The molecule has 0 bridgehead atoms. The zero-order valence-electron chi connectivity index (χ0n) is 19.2. The number of rotatable bonds is 7. The highest BCUT2D eigenvalue weighted by Crippen LogP contribution is 2.29. The molecule has 1 amide bonds. The molecule has 0 saturated carbocycles. The molecule has 0 saturated heterocycles. The van der Waals surface area contributed by atoms with Crippen LogP contribution in [-0.2, 0) is 4.79 Å². The number of nitrogens with one attached hydrogen (secondary N) is 1. The molecular weight excluding hydrogens is 424 g/mol. The van der Waals surface area contributed by atoms with Gasteiger partial charge in [0, 0.05) is 16.6 Å². The first-order chi connectivity index (χ1) is 16.6. The average Bonchev–Trinajstić information content (AvgIpc) is 3.31. The van der Waals surface area contributed by atoms with Crippen molar-refractivity contribution in [3.8, 4) is 17.2 Å². The van der Waals surface area contributed by atoms with E-state index in [1.807, 2.05) is 72.8 Å². The monoisotopic (exact) mass is 450 g/mol. The van der Waals surface area contributed by atoms with E-state index in [-0.39, 0.29) is 12.5 Å². The Labute approximate surface area is 198 Å². The van der Waals surface area contributed by atoms with Gasteiger partial charge in [-0.2, -0.15) is 0 Å². The van der Waals surface area contributed by atoms with E-state index in [2.05, 4.69) is 36.3 Å². The van der Waals surface area contributed by atoms with Crippen molar-refractivity contribution < 1.29 is 13.9 Å². The quantitative estimate of drug-likeness (QED) is 0.285. The molecule has 1 aromatic heterocycles. The van der Waals surface area contributed by atoms with Crippen molar-refractivity contribution in [2.45, 2.75) is 26.2 Å². The summed E-state index contributed by atoms with van der Waals surface area (Å²) in [5.74, 6) is 1.52. The van der Waals surface area contributed by atoms with Crippen molar-refractivity contribution in [1.82, 2.24) is 4.98 Å². The van der Waals surface area contributed by atoms with Gasteiger partial charge in [-0.15, -0.1) is 0 Å². The van der Waals surface area contributed by atoms with Crippen molar-refractivity contribution in [1.29, 1.82) is 0 Å². The number of anilines is 1. The first-order valence-corrected chi connectivity index (χ1v) is 11.5. The summed E-state index contributed by atoms with van der Waals surface area (Å²) in [6.45, 7) is 4.32. The Morgan fingerprint density at radius 1 is 1.00 bits per heavy atom. The van der Waals surface area contributed by atoms with Crippen LogP contribution in [0.15, 0.2) is 89.3 Å². The number of benzene rings is 4. The number of hydrogen-bond donors (Lipinski definition) is 1. The number of fused-ring (bicyclic) bond motifs is 2. The molecule has 5 rings (SSSR count). The van der Waals surface area contributed by atoms with Crippen LogP contribution in [0.25, 0.3) is 33.3 Å². The van der Waals surface area contributed by atoms with E-state index < -0.39 is 0 Å². The highest BCUT2D eigenvalue weighted by molar-refractivity contribution is 5.93. The lowest BCUT2D eigenvalue weighted by atomic mass is 9.98. The van der Waals surface area contributed by atoms with Crippen LogP contribution in [0, 0.1) is 0 Å². The summed E-state index contributed by atoms with van der Waals surface area (Å²) in [7, 11) is 0. The van der Waals surface area contributed by atoms with Crippen LogP contribution < -0.4 is 10.1 Å². The van der Waals surface area contributed by atoms with E-state index >= 15 is 0 Å². The van der Waals surface area contributed by atoms with Gasteiger partial charge in [-0.05, 0) is 65.8 Å². The number of aromatic nitrogens is 1. The number of hydrogen-bond acceptors (Lipinski definition) is 4. The van der Waals surface area contributed by atoms with Crippen LogP contribution in [0.5, 0.6) is 5.75 Å². The van der Waals surface area contributed by atoms with Gasteiger partial charge in [0.25, 0.3) is 5.91 Å². The van der Waals surface area contributed by atoms with Gasteiger partial charge in [-0.3, -0.25) is 4.79 Å². The number of oxazole rings is 1. The lowest BCUT2D eigenvalue weighted by molar-refractivity contribution is -0.118. The Bertz CT molecular complexity index is 1450. The summed E-state index contributed by atoms with van der Waals surface area (Å²) in [6.07, 6.45) is 1.08. The molecule has 1 heterocycles. The van der Waals surface area contributed by atoms with Crippen LogP contribution in [0.3, 0.4) is 0 Å². The molecule has 0 unspecified atom stereocenters. The third kappa shape index (κ3) is 4.50. The lowest BCUT2D eigenvalue weighted by Crippen LogP contribution is -2.20. The summed E-state index contributed by atoms with van der Waals surface area (Å²) >= 11 is 0. The first-order valence-electron chi connectivity index (χ1n) is 11.5. The van der Waals surface area contributed by atoms with Gasteiger partial charge in [-0.1, -0.05) is 56.3 Å². The minimum Gasteiger partial charge on any atom is -0.483 e. The number of ether oxygens (including phenoxy) is 1. The fourth-order valence-electron chi connectivity index (χ4n) is 3.97. The highest BCUT2D eigenvalue weighted by atomic mass is 16.5. The topological polar surface area (TPSA) is 64.4 Å². The van der Waals surface area contributed by atoms with Crippen LogP contribution in [0.1, 0.15) is 31.7 Å². The molecule has 0 aliphatic carbocycles. The average molecular weight is 451 g/mol. The van der Waals surface area contributed by atoms with Gasteiger partial charge in [0.2, 0.25) is 5.89 Å². The molecule has 0 fully saturated rings. The number of nitrogens with zero attached hydrogens (tertiary/aromatic N) is 1. The predicted octanol–water partition coefficient (Wildman–Crippen LogP) is 7.18. The zero-order chi connectivity index (χ0) is 23.5. The molecular formula is C29H26N2O3. The van der Waals surface area contributed by atoms with Crippen LogP contribution in [0.4, 0.5) is 5.69 Å². The van der Waals surface area contributed by atoms with Gasteiger partial charge in [0.15, 0.2) is 12.2 Å². The van der Waals surface area contributed by atoms with Crippen LogP contribution in [-0.4, -0.2) is 17.5 Å². The zero-order valence-corrected chi connectivity index (χ0v) is 19.2. The Hall–Kier alpha value is -4.12. The number of amides is 1. The molecule has 0 spiro atoms. The molecule has 4 aromatic carbocycles. The second kappa shape index (κ2) is 9.40. The fourth-order valence-corrected chi connectivity index (χ4v) is 3.97. The van der Waals surface area contributed by atoms with E-state index in [0.717, 1.165) is 33.9 Å². The standard InChI is InChI=1S/C29H26N2O3/c1-3-19(2)22-13-16-27-25(17-22)31-29(34-27)21-11-14-23(15-12-21)30-28(32)18-33-26-10-6-8-20-7-4-5-9-24(20)26/h4-17,19H,3,18H2,1-2H3,(H,30,32)/t19-/m0/s1. The lowest BCUT2D eigenvalue weighted by Gasteiger charge is -2.10. The Kier molecular flexibility index (Phi) is 6.00. The van der Waals surface area contributed by atoms with E-state index in [4.69, 9.17) is 9.15 Å². The van der Waals surface area contributed by atoms with E-state index in [0.29, 0.717) is 23.2 Å². The largest absolute Gasteiger partial charge is 0.483 e. The van der Waals surface area contributed by atoms with Crippen molar-refractivity contribution in [3.63, 3.8) is 0 Å². The maximum atomic E-state index is 12.4. The van der Waals surface area contributed by atoms with Gasteiger partial charge in [0.05, 0.1) is 0 Å². The van der Waals surface area contributed by atoms with Crippen molar-refractivity contribution in [2.75, 3.05) is 11.9 Å². The third-order valence-electron chi connectivity index (χ3n) is 6.12. The Morgan fingerprint density at radius 2 is 1.79 bits per heavy atom. The minimum atomic E-state index is -0.222. The SMILES string of the molecule is CC[C@H](C)c1ccc2oc(-c3ccc(NC(=O)COc4cccc5ccccc45)cc3)nc2c1. The van der Waals surface area contributed by atoms with Gasteiger partial charge < -0.3 is 14.5 Å². The molecule has 1 N–H and O–H groups in total. The third-order valence-corrected chi connectivity index (χ3v) is 6.12.